The lowest BCUT2D eigenvalue weighted by Crippen LogP contribution is -2.09. The zero-order chi connectivity index (χ0) is 16.2. The standard InChI is InChI=1S/C21H21NO/c1-15-7-10-20(13-16(15)2)22-12-11-21(23)19-9-8-17-5-3-4-6-18(17)14-19/h3-10,13-14,22H,11-12H2,1-2H3. The highest BCUT2D eigenvalue weighted by atomic mass is 16.1. The van der Waals surface area contributed by atoms with Gasteiger partial charge in [0.05, 0.1) is 0 Å². The Morgan fingerprint density at radius 2 is 1.65 bits per heavy atom. The topological polar surface area (TPSA) is 29.1 Å². The van der Waals surface area contributed by atoms with Crippen LogP contribution in [-0.2, 0) is 0 Å². The molecule has 0 unspecified atom stereocenters. The maximum Gasteiger partial charge on any atom is 0.164 e. The summed E-state index contributed by atoms with van der Waals surface area (Å²) in [6, 6.07) is 20.3. The predicted octanol–water partition coefficient (Wildman–Crippen LogP) is 5.14. The Morgan fingerprint density at radius 3 is 2.43 bits per heavy atom. The third-order valence-corrected chi connectivity index (χ3v) is 4.26. The molecule has 2 nitrogen and oxygen atoms in total. The lowest BCUT2D eigenvalue weighted by Gasteiger charge is -2.09. The zero-order valence-electron chi connectivity index (χ0n) is 13.6. The van der Waals surface area contributed by atoms with Crippen LogP contribution in [-0.4, -0.2) is 12.3 Å². The van der Waals surface area contributed by atoms with Gasteiger partial charge in [0.15, 0.2) is 5.78 Å². The summed E-state index contributed by atoms with van der Waals surface area (Å²) in [6.07, 6.45) is 0.491. The Morgan fingerprint density at radius 1 is 0.870 bits per heavy atom. The van der Waals surface area contributed by atoms with Crippen molar-refractivity contribution in [1.29, 1.82) is 0 Å². The Kier molecular flexibility index (Phi) is 4.42. The fourth-order valence-corrected chi connectivity index (χ4v) is 2.68. The number of carbonyl (C=O) groups excluding carboxylic acids is 1. The van der Waals surface area contributed by atoms with Gasteiger partial charge in [0.2, 0.25) is 0 Å². The Hall–Kier alpha value is -2.61. The summed E-state index contributed by atoms with van der Waals surface area (Å²) in [5.74, 6) is 0.173. The first-order chi connectivity index (χ1) is 11.1. The van der Waals surface area contributed by atoms with E-state index < -0.39 is 0 Å². The molecule has 0 aliphatic carbocycles. The normalized spacial score (nSPS) is 10.7. The largest absolute Gasteiger partial charge is 0.385 e. The first-order valence-electron chi connectivity index (χ1n) is 7.96. The van der Waals surface area contributed by atoms with Crippen molar-refractivity contribution in [3.63, 3.8) is 0 Å². The fraction of sp³-hybridized carbons (Fsp3) is 0.190. The van der Waals surface area contributed by atoms with Gasteiger partial charge < -0.3 is 5.32 Å². The van der Waals surface area contributed by atoms with E-state index in [1.165, 1.54) is 11.1 Å². The van der Waals surface area contributed by atoms with Gasteiger partial charge in [-0.25, -0.2) is 0 Å². The van der Waals surface area contributed by atoms with Crippen molar-refractivity contribution in [2.45, 2.75) is 20.3 Å². The fourth-order valence-electron chi connectivity index (χ4n) is 2.68. The lowest BCUT2D eigenvalue weighted by molar-refractivity contribution is 0.0986. The van der Waals surface area contributed by atoms with Crippen LogP contribution < -0.4 is 5.32 Å². The molecule has 0 fully saturated rings. The maximum atomic E-state index is 12.4. The summed E-state index contributed by atoms with van der Waals surface area (Å²) < 4.78 is 0. The number of Topliss-reactive ketones (excluding diaryl/α,β-unsaturated/α-hetero) is 1. The third kappa shape index (κ3) is 3.59. The second-order valence-corrected chi connectivity index (χ2v) is 5.96. The lowest BCUT2D eigenvalue weighted by atomic mass is 10.0. The van der Waals surface area contributed by atoms with E-state index in [1.54, 1.807) is 0 Å². The molecule has 3 rings (SSSR count). The van der Waals surface area contributed by atoms with Crippen molar-refractivity contribution in [2.24, 2.45) is 0 Å². The van der Waals surface area contributed by atoms with Gasteiger partial charge in [-0.15, -0.1) is 0 Å². The van der Waals surface area contributed by atoms with Crippen LogP contribution in [0.4, 0.5) is 5.69 Å². The van der Waals surface area contributed by atoms with E-state index in [9.17, 15) is 4.79 Å². The van der Waals surface area contributed by atoms with Crippen molar-refractivity contribution in [3.8, 4) is 0 Å². The molecular weight excluding hydrogens is 282 g/mol. The molecule has 0 amide bonds. The zero-order valence-corrected chi connectivity index (χ0v) is 13.6. The number of rotatable bonds is 5. The number of ketones is 1. The maximum absolute atomic E-state index is 12.4. The molecule has 0 aliphatic heterocycles. The Labute approximate surface area is 137 Å². The first-order valence-corrected chi connectivity index (χ1v) is 7.96. The van der Waals surface area contributed by atoms with Crippen LogP contribution in [0, 0.1) is 13.8 Å². The number of hydrogen-bond acceptors (Lipinski definition) is 2. The highest BCUT2D eigenvalue weighted by molar-refractivity contribution is 6.00. The van der Waals surface area contributed by atoms with E-state index in [-0.39, 0.29) is 5.78 Å². The number of aryl methyl sites for hydroxylation is 2. The van der Waals surface area contributed by atoms with Gasteiger partial charge in [0.25, 0.3) is 0 Å². The number of hydrogen-bond donors (Lipinski definition) is 1. The smallest absolute Gasteiger partial charge is 0.164 e. The van der Waals surface area contributed by atoms with Crippen molar-refractivity contribution < 1.29 is 4.79 Å². The Bertz CT molecular complexity index is 851. The molecular formula is C21H21NO. The quantitative estimate of drug-likeness (QED) is 0.661. The van der Waals surface area contributed by atoms with Crippen LogP contribution in [0.2, 0.25) is 0 Å². The molecule has 0 bridgehead atoms. The summed E-state index contributed by atoms with van der Waals surface area (Å²) in [5, 5.41) is 5.61. The van der Waals surface area contributed by atoms with Crippen LogP contribution in [0.3, 0.4) is 0 Å². The first kappa shape index (κ1) is 15.3. The van der Waals surface area contributed by atoms with Crippen LogP contribution in [0.25, 0.3) is 10.8 Å². The average molecular weight is 303 g/mol. The minimum atomic E-state index is 0.173. The molecule has 0 radical (unpaired) electrons. The van der Waals surface area contributed by atoms with Gasteiger partial charge in [0.1, 0.15) is 0 Å². The minimum absolute atomic E-state index is 0.173. The molecule has 0 saturated carbocycles. The van der Waals surface area contributed by atoms with E-state index in [0.717, 1.165) is 22.0 Å². The van der Waals surface area contributed by atoms with Gasteiger partial charge in [-0.2, -0.15) is 0 Å². The number of fused-ring (bicyclic) bond motifs is 1. The molecule has 0 spiro atoms. The van der Waals surface area contributed by atoms with E-state index in [1.807, 2.05) is 36.4 Å². The number of nitrogens with one attached hydrogen (secondary N) is 1. The van der Waals surface area contributed by atoms with Gasteiger partial charge in [0, 0.05) is 24.2 Å². The summed E-state index contributed by atoms with van der Waals surface area (Å²) in [4.78, 5) is 12.4. The second-order valence-electron chi connectivity index (χ2n) is 5.96. The molecule has 0 atom stereocenters. The SMILES string of the molecule is Cc1ccc(NCCC(=O)c2ccc3ccccc3c2)cc1C. The van der Waals surface area contributed by atoms with E-state index in [4.69, 9.17) is 0 Å². The molecule has 0 saturated heterocycles. The Balaban J connectivity index is 1.62. The van der Waals surface area contributed by atoms with Gasteiger partial charge >= 0.3 is 0 Å². The average Bonchev–Trinajstić information content (AvgIpc) is 2.57. The molecule has 0 heterocycles. The predicted molar refractivity (Wildman–Crippen MR) is 97.3 cm³/mol. The second kappa shape index (κ2) is 6.66. The highest BCUT2D eigenvalue weighted by Gasteiger charge is 2.06. The van der Waals surface area contributed by atoms with Crippen LogP contribution in [0.5, 0.6) is 0 Å². The van der Waals surface area contributed by atoms with E-state index in [0.29, 0.717) is 13.0 Å². The van der Waals surface area contributed by atoms with E-state index in [2.05, 4.69) is 43.4 Å². The van der Waals surface area contributed by atoms with Gasteiger partial charge in [-0.05, 0) is 53.9 Å². The van der Waals surface area contributed by atoms with Crippen LogP contribution in [0.1, 0.15) is 27.9 Å². The molecule has 23 heavy (non-hydrogen) atoms. The number of anilines is 1. The van der Waals surface area contributed by atoms with Gasteiger partial charge in [-0.3, -0.25) is 4.79 Å². The number of carbonyl (C=O) groups is 1. The molecule has 0 aliphatic rings. The number of benzene rings is 3. The summed E-state index contributed by atoms with van der Waals surface area (Å²) in [7, 11) is 0. The van der Waals surface area contributed by atoms with Crippen molar-refractivity contribution in [3.05, 3.63) is 77.4 Å². The molecule has 2 heteroatoms. The van der Waals surface area contributed by atoms with Crippen LogP contribution in [0.15, 0.2) is 60.7 Å². The summed E-state index contributed by atoms with van der Waals surface area (Å²) in [6.45, 7) is 4.84. The molecule has 116 valence electrons. The molecule has 1 N–H and O–H groups in total. The van der Waals surface area contributed by atoms with Crippen LogP contribution >= 0.6 is 0 Å². The summed E-state index contributed by atoms with van der Waals surface area (Å²) >= 11 is 0. The highest BCUT2D eigenvalue weighted by Crippen LogP contribution is 2.17. The van der Waals surface area contributed by atoms with Crippen molar-refractivity contribution in [2.75, 3.05) is 11.9 Å². The minimum Gasteiger partial charge on any atom is -0.385 e. The van der Waals surface area contributed by atoms with E-state index >= 15 is 0 Å². The van der Waals surface area contributed by atoms with Crippen molar-refractivity contribution >= 4 is 22.2 Å². The monoisotopic (exact) mass is 303 g/mol. The summed E-state index contributed by atoms with van der Waals surface area (Å²) in [5.41, 5.74) is 4.39. The van der Waals surface area contributed by atoms with Crippen molar-refractivity contribution in [1.82, 2.24) is 0 Å². The third-order valence-electron chi connectivity index (χ3n) is 4.26. The molecule has 3 aromatic carbocycles. The van der Waals surface area contributed by atoms with Gasteiger partial charge in [-0.1, -0.05) is 42.5 Å². The molecule has 3 aromatic rings. The molecule has 0 aromatic heterocycles.